The molecule has 23 heavy (non-hydrogen) atoms. The fourth-order valence-corrected chi connectivity index (χ4v) is 3.22. The van der Waals surface area contributed by atoms with Crippen molar-refractivity contribution in [2.45, 2.75) is 26.2 Å². The molecule has 0 saturated carbocycles. The van der Waals surface area contributed by atoms with Crippen molar-refractivity contribution in [2.75, 3.05) is 32.7 Å². The van der Waals surface area contributed by atoms with E-state index in [0.29, 0.717) is 45.6 Å². The van der Waals surface area contributed by atoms with Crippen LogP contribution in [0.5, 0.6) is 0 Å². The maximum atomic E-state index is 12.1. The smallest absolute Gasteiger partial charge is 0.224 e. The normalized spacial score (nSPS) is 14.7. The first-order chi connectivity index (χ1) is 11.1. The quantitative estimate of drug-likeness (QED) is 0.838. The largest absolute Gasteiger partial charge is 0.356 e. The Bertz CT molecular complexity index is 537. The van der Waals surface area contributed by atoms with E-state index in [2.05, 4.69) is 5.32 Å². The molecule has 1 fully saturated rings. The first-order valence-electron chi connectivity index (χ1n) is 7.87. The third-order valence-electron chi connectivity index (χ3n) is 3.96. The van der Waals surface area contributed by atoms with Crippen LogP contribution in [0.4, 0.5) is 0 Å². The van der Waals surface area contributed by atoms with Crippen molar-refractivity contribution in [3.05, 3.63) is 22.4 Å². The summed E-state index contributed by atoms with van der Waals surface area (Å²) < 4.78 is 0. The van der Waals surface area contributed by atoms with Crippen LogP contribution in [0.1, 0.15) is 25.3 Å². The number of piperazine rings is 1. The monoisotopic (exact) mass is 337 g/mol. The van der Waals surface area contributed by atoms with Crippen molar-refractivity contribution < 1.29 is 14.4 Å². The molecule has 1 aromatic rings. The molecular weight excluding hydrogens is 314 g/mol. The standard InChI is InChI=1S/C16H23N3O3S/c1-13(20)18-7-9-19(10-8-18)16(22)4-6-17-15(21)3-2-14-5-11-23-12-14/h5,11-12H,2-4,6-10H2,1H3,(H,17,21). The Morgan fingerprint density at radius 2 is 1.83 bits per heavy atom. The second-order valence-corrected chi connectivity index (χ2v) is 6.40. The maximum absolute atomic E-state index is 12.1. The number of hydrogen-bond acceptors (Lipinski definition) is 4. The Kier molecular flexibility index (Phi) is 6.58. The molecule has 6 nitrogen and oxygen atoms in total. The predicted octanol–water partition coefficient (Wildman–Crippen LogP) is 0.878. The number of thiophene rings is 1. The van der Waals surface area contributed by atoms with Crippen molar-refractivity contribution in [3.63, 3.8) is 0 Å². The van der Waals surface area contributed by atoms with Gasteiger partial charge in [0, 0.05) is 52.5 Å². The van der Waals surface area contributed by atoms with Gasteiger partial charge in [0.25, 0.3) is 0 Å². The van der Waals surface area contributed by atoms with Gasteiger partial charge in [0.2, 0.25) is 17.7 Å². The van der Waals surface area contributed by atoms with Gasteiger partial charge < -0.3 is 15.1 Å². The van der Waals surface area contributed by atoms with Crippen molar-refractivity contribution >= 4 is 29.1 Å². The number of aryl methyl sites for hydroxylation is 1. The van der Waals surface area contributed by atoms with Crippen LogP contribution in [0, 0.1) is 0 Å². The average molecular weight is 337 g/mol. The highest BCUT2D eigenvalue weighted by molar-refractivity contribution is 7.07. The zero-order chi connectivity index (χ0) is 16.7. The van der Waals surface area contributed by atoms with E-state index in [1.165, 1.54) is 5.56 Å². The molecule has 126 valence electrons. The van der Waals surface area contributed by atoms with E-state index in [9.17, 15) is 14.4 Å². The molecule has 0 unspecified atom stereocenters. The van der Waals surface area contributed by atoms with Crippen LogP contribution in [0.15, 0.2) is 16.8 Å². The van der Waals surface area contributed by atoms with Crippen LogP contribution < -0.4 is 5.32 Å². The lowest BCUT2D eigenvalue weighted by molar-refractivity contribution is -0.138. The summed E-state index contributed by atoms with van der Waals surface area (Å²) in [6, 6.07) is 2.02. The summed E-state index contributed by atoms with van der Waals surface area (Å²) in [5.41, 5.74) is 1.17. The summed E-state index contributed by atoms with van der Waals surface area (Å²) in [4.78, 5) is 38.6. The molecule has 1 saturated heterocycles. The summed E-state index contributed by atoms with van der Waals surface area (Å²) in [6.45, 7) is 4.24. The van der Waals surface area contributed by atoms with E-state index in [1.807, 2.05) is 16.8 Å². The Hall–Kier alpha value is -1.89. The predicted molar refractivity (Wildman–Crippen MR) is 89.1 cm³/mol. The molecule has 1 aromatic heterocycles. The second-order valence-electron chi connectivity index (χ2n) is 5.62. The van der Waals surface area contributed by atoms with Crippen molar-refractivity contribution in [1.82, 2.24) is 15.1 Å². The Labute approximate surface area is 140 Å². The number of nitrogens with zero attached hydrogens (tertiary/aromatic N) is 2. The van der Waals surface area contributed by atoms with Gasteiger partial charge in [-0.05, 0) is 28.8 Å². The summed E-state index contributed by atoms with van der Waals surface area (Å²) in [6.07, 6.45) is 1.49. The first kappa shape index (κ1) is 17.5. The maximum Gasteiger partial charge on any atom is 0.224 e. The fraction of sp³-hybridized carbons (Fsp3) is 0.562. The minimum atomic E-state index is -0.0228. The molecule has 0 radical (unpaired) electrons. The zero-order valence-electron chi connectivity index (χ0n) is 13.4. The van der Waals surface area contributed by atoms with Crippen LogP contribution in [0.25, 0.3) is 0 Å². The van der Waals surface area contributed by atoms with Gasteiger partial charge in [-0.25, -0.2) is 0 Å². The lowest BCUT2D eigenvalue weighted by Gasteiger charge is -2.34. The lowest BCUT2D eigenvalue weighted by Crippen LogP contribution is -2.50. The van der Waals surface area contributed by atoms with E-state index in [0.717, 1.165) is 6.42 Å². The van der Waals surface area contributed by atoms with Gasteiger partial charge in [-0.2, -0.15) is 11.3 Å². The van der Waals surface area contributed by atoms with Crippen molar-refractivity contribution in [3.8, 4) is 0 Å². The SMILES string of the molecule is CC(=O)N1CCN(C(=O)CCNC(=O)CCc2ccsc2)CC1. The van der Waals surface area contributed by atoms with E-state index < -0.39 is 0 Å². The highest BCUT2D eigenvalue weighted by Gasteiger charge is 2.21. The van der Waals surface area contributed by atoms with E-state index in [-0.39, 0.29) is 17.7 Å². The summed E-state index contributed by atoms with van der Waals surface area (Å²) in [7, 11) is 0. The number of carbonyl (C=O) groups is 3. The van der Waals surface area contributed by atoms with E-state index in [4.69, 9.17) is 0 Å². The van der Waals surface area contributed by atoms with Gasteiger partial charge in [-0.3, -0.25) is 14.4 Å². The minimum Gasteiger partial charge on any atom is -0.356 e. The topological polar surface area (TPSA) is 69.7 Å². The van der Waals surface area contributed by atoms with Gasteiger partial charge in [-0.1, -0.05) is 0 Å². The van der Waals surface area contributed by atoms with Crippen LogP contribution in [0.3, 0.4) is 0 Å². The number of hydrogen-bond donors (Lipinski definition) is 1. The molecule has 3 amide bonds. The molecule has 0 bridgehead atoms. The van der Waals surface area contributed by atoms with E-state index >= 15 is 0 Å². The summed E-state index contributed by atoms with van der Waals surface area (Å²) >= 11 is 1.62. The molecule has 1 aliphatic heterocycles. The Morgan fingerprint density at radius 3 is 2.43 bits per heavy atom. The first-order valence-corrected chi connectivity index (χ1v) is 8.81. The molecular formula is C16H23N3O3S. The number of amides is 3. The third kappa shape index (κ3) is 5.67. The Morgan fingerprint density at radius 1 is 1.13 bits per heavy atom. The molecule has 0 aliphatic carbocycles. The zero-order valence-corrected chi connectivity index (χ0v) is 14.2. The lowest BCUT2D eigenvalue weighted by atomic mass is 10.2. The summed E-state index contributed by atoms with van der Waals surface area (Å²) in [5.74, 6) is 0.0618. The molecule has 2 heterocycles. The van der Waals surface area contributed by atoms with Crippen LogP contribution in [-0.2, 0) is 20.8 Å². The molecule has 0 atom stereocenters. The van der Waals surface area contributed by atoms with Crippen LogP contribution in [-0.4, -0.2) is 60.2 Å². The molecule has 7 heteroatoms. The van der Waals surface area contributed by atoms with Gasteiger partial charge in [0.15, 0.2) is 0 Å². The minimum absolute atomic E-state index is 0.0228. The van der Waals surface area contributed by atoms with Crippen LogP contribution in [0.2, 0.25) is 0 Å². The van der Waals surface area contributed by atoms with Gasteiger partial charge in [0.05, 0.1) is 0 Å². The highest BCUT2D eigenvalue weighted by atomic mass is 32.1. The van der Waals surface area contributed by atoms with Gasteiger partial charge >= 0.3 is 0 Å². The average Bonchev–Trinajstić information content (AvgIpc) is 3.06. The second kappa shape index (κ2) is 8.67. The highest BCUT2D eigenvalue weighted by Crippen LogP contribution is 2.08. The third-order valence-corrected chi connectivity index (χ3v) is 4.69. The van der Waals surface area contributed by atoms with Crippen molar-refractivity contribution in [1.29, 1.82) is 0 Å². The Balaban J connectivity index is 1.59. The van der Waals surface area contributed by atoms with E-state index in [1.54, 1.807) is 28.1 Å². The molecule has 0 spiro atoms. The van der Waals surface area contributed by atoms with Gasteiger partial charge in [0.1, 0.15) is 0 Å². The summed E-state index contributed by atoms with van der Waals surface area (Å²) in [5, 5.41) is 6.83. The number of carbonyl (C=O) groups excluding carboxylic acids is 3. The molecule has 2 rings (SSSR count). The number of nitrogens with one attached hydrogen (secondary N) is 1. The molecule has 1 N–H and O–H groups in total. The fourth-order valence-electron chi connectivity index (χ4n) is 2.52. The molecule has 0 aromatic carbocycles. The number of rotatable bonds is 6. The molecule has 1 aliphatic rings. The van der Waals surface area contributed by atoms with Gasteiger partial charge in [-0.15, -0.1) is 0 Å². The van der Waals surface area contributed by atoms with Crippen LogP contribution >= 0.6 is 11.3 Å². The van der Waals surface area contributed by atoms with Crippen molar-refractivity contribution in [2.24, 2.45) is 0 Å².